The molecular formula is C12H15FN4O3. The number of rotatable bonds is 4. The molecule has 0 aromatic heterocycles. The van der Waals surface area contributed by atoms with E-state index in [9.17, 15) is 18.8 Å². The maximum absolute atomic E-state index is 12.7. The highest BCUT2D eigenvalue weighted by atomic mass is 19.1. The third kappa shape index (κ3) is 6.34. The normalized spacial score (nSPS) is 9.50. The van der Waals surface area contributed by atoms with Crippen molar-refractivity contribution in [1.82, 2.24) is 21.5 Å². The summed E-state index contributed by atoms with van der Waals surface area (Å²) < 4.78 is 12.7. The summed E-state index contributed by atoms with van der Waals surface area (Å²) in [6.45, 7) is 1.16. The highest BCUT2D eigenvalue weighted by molar-refractivity contribution is 5.85. The van der Waals surface area contributed by atoms with Gasteiger partial charge in [0.25, 0.3) is 5.91 Å². The van der Waals surface area contributed by atoms with Crippen LogP contribution in [0.5, 0.6) is 0 Å². The van der Waals surface area contributed by atoms with Crippen LogP contribution in [0.2, 0.25) is 0 Å². The van der Waals surface area contributed by atoms with Gasteiger partial charge in [0.15, 0.2) is 0 Å². The largest absolute Gasteiger partial charge is 0.334 e. The van der Waals surface area contributed by atoms with Crippen molar-refractivity contribution in [3.8, 4) is 0 Å². The van der Waals surface area contributed by atoms with Gasteiger partial charge in [-0.1, -0.05) is 12.1 Å². The van der Waals surface area contributed by atoms with Gasteiger partial charge in [0.1, 0.15) is 12.4 Å². The summed E-state index contributed by atoms with van der Waals surface area (Å²) >= 11 is 0. The summed E-state index contributed by atoms with van der Waals surface area (Å²) in [6.07, 6.45) is 0. The van der Waals surface area contributed by atoms with E-state index in [2.05, 4.69) is 21.5 Å². The van der Waals surface area contributed by atoms with Crippen LogP contribution in [-0.2, 0) is 16.1 Å². The minimum absolute atomic E-state index is 0.208. The van der Waals surface area contributed by atoms with Crippen LogP contribution in [0.15, 0.2) is 24.3 Å². The molecule has 4 N–H and O–H groups in total. The van der Waals surface area contributed by atoms with Gasteiger partial charge in [0.05, 0.1) is 0 Å². The Morgan fingerprint density at radius 3 is 2.30 bits per heavy atom. The first-order chi connectivity index (χ1) is 9.47. The Morgan fingerprint density at radius 1 is 1.05 bits per heavy atom. The SMILES string of the molecule is CC(=O)NNC(=O)CNC(=O)NCc1ccc(F)cc1. The van der Waals surface area contributed by atoms with Crippen LogP contribution in [0, 0.1) is 5.82 Å². The van der Waals surface area contributed by atoms with Gasteiger partial charge in [-0.15, -0.1) is 0 Å². The molecule has 0 bridgehead atoms. The zero-order valence-electron chi connectivity index (χ0n) is 10.8. The van der Waals surface area contributed by atoms with Crippen LogP contribution < -0.4 is 21.5 Å². The second-order valence-electron chi connectivity index (χ2n) is 3.89. The first kappa shape index (κ1) is 15.4. The Morgan fingerprint density at radius 2 is 1.70 bits per heavy atom. The molecule has 1 rings (SSSR count). The van der Waals surface area contributed by atoms with Crippen LogP contribution in [0.25, 0.3) is 0 Å². The van der Waals surface area contributed by atoms with Crippen molar-refractivity contribution >= 4 is 17.8 Å². The second-order valence-corrected chi connectivity index (χ2v) is 3.89. The minimum Gasteiger partial charge on any atom is -0.334 e. The molecule has 0 radical (unpaired) electrons. The molecule has 8 heteroatoms. The number of halogens is 1. The molecule has 1 aromatic rings. The lowest BCUT2D eigenvalue weighted by Crippen LogP contribution is -2.47. The Kier molecular flexibility index (Phi) is 5.95. The standard InChI is InChI=1S/C12H15FN4O3/c1-8(18)16-17-11(19)7-15-12(20)14-6-9-2-4-10(13)5-3-9/h2-5H,6-7H2,1H3,(H,16,18)(H,17,19)(H2,14,15,20). The number of urea groups is 1. The molecule has 1 aromatic carbocycles. The predicted molar refractivity (Wildman–Crippen MR) is 68.6 cm³/mol. The van der Waals surface area contributed by atoms with E-state index >= 15 is 0 Å². The van der Waals surface area contributed by atoms with Crippen LogP contribution in [-0.4, -0.2) is 24.4 Å². The highest BCUT2D eigenvalue weighted by Crippen LogP contribution is 2.01. The minimum atomic E-state index is -0.558. The van der Waals surface area contributed by atoms with E-state index in [0.717, 1.165) is 5.56 Å². The number of carbonyl (C=O) groups is 3. The van der Waals surface area contributed by atoms with Gasteiger partial charge in [-0.2, -0.15) is 0 Å². The molecule has 4 amide bonds. The molecule has 0 heterocycles. The van der Waals surface area contributed by atoms with Crippen molar-refractivity contribution in [1.29, 1.82) is 0 Å². The fourth-order valence-electron chi connectivity index (χ4n) is 1.21. The van der Waals surface area contributed by atoms with Crippen LogP contribution in [0.4, 0.5) is 9.18 Å². The fourth-order valence-corrected chi connectivity index (χ4v) is 1.21. The maximum Gasteiger partial charge on any atom is 0.315 e. The quantitative estimate of drug-likeness (QED) is 0.575. The van der Waals surface area contributed by atoms with E-state index in [4.69, 9.17) is 0 Å². The summed E-state index contributed by atoms with van der Waals surface area (Å²) in [5, 5.41) is 4.80. The van der Waals surface area contributed by atoms with Crippen molar-refractivity contribution in [2.75, 3.05) is 6.54 Å². The topological polar surface area (TPSA) is 99.3 Å². The van der Waals surface area contributed by atoms with Crippen molar-refractivity contribution in [3.63, 3.8) is 0 Å². The monoisotopic (exact) mass is 282 g/mol. The molecule has 0 unspecified atom stereocenters. The molecule has 0 saturated heterocycles. The van der Waals surface area contributed by atoms with E-state index in [0.29, 0.717) is 0 Å². The number of benzene rings is 1. The van der Waals surface area contributed by atoms with E-state index in [1.165, 1.54) is 19.1 Å². The van der Waals surface area contributed by atoms with Gasteiger partial charge in [0.2, 0.25) is 5.91 Å². The second kappa shape index (κ2) is 7.72. The molecular weight excluding hydrogens is 267 g/mol. The van der Waals surface area contributed by atoms with Crippen LogP contribution >= 0.6 is 0 Å². The highest BCUT2D eigenvalue weighted by Gasteiger charge is 2.05. The third-order valence-corrected chi connectivity index (χ3v) is 2.15. The van der Waals surface area contributed by atoms with Gasteiger partial charge >= 0.3 is 6.03 Å². The Balaban J connectivity index is 2.21. The molecule has 0 fully saturated rings. The van der Waals surface area contributed by atoms with E-state index < -0.39 is 17.8 Å². The Bertz CT molecular complexity index is 490. The lowest BCUT2D eigenvalue weighted by Gasteiger charge is -2.08. The average Bonchev–Trinajstić information content (AvgIpc) is 2.42. The molecule has 0 aliphatic carbocycles. The van der Waals surface area contributed by atoms with Crippen molar-refractivity contribution in [3.05, 3.63) is 35.6 Å². The van der Waals surface area contributed by atoms with Crippen molar-refractivity contribution in [2.24, 2.45) is 0 Å². The summed E-state index contributed by atoms with van der Waals surface area (Å²) in [5.74, 6) is -1.33. The van der Waals surface area contributed by atoms with Gasteiger partial charge in [-0.05, 0) is 17.7 Å². The zero-order chi connectivity index (χ0) is 15.0. The lowest BCUT2D eigenvalue weighted by atomic mass is 10.2. The smallest absolute Gasteiger partial charge is 0.315 e. The maximum atomic E-state index is 12.7. The summed E-state index contributed by atoms with van der Waals surface area (Å²) in [4.78, 5) is 33.0. The lowest BCUT2D eigenvalue weighted by molar-refractivity contribution is -0.127. The average molecular weight is 282 g/mol. The summed E-state index contributed by atoms with van der Waals surface area (Å²) in [7, 11) is 0. The zero-order valence-corrected chi connectivity index (χ0v) is 10.8. The number of nitrogens with one attached hydrogen (secondary N) is 4. The number of hydrogen-bond acceptors (Lipinski definition) is 3. The number of hydrazine groups is 1. The van der Waals surface area contributed by atoms with Crippen LogP contribution in [0.3, 0.4) is 0 Å². The molecule has 20 heavy (non-hydrogen) atoms. The van der Waals surface area contributed by atoms with Crippen molar-refractivity contribution in [2.45, 2.75) is 13.5 Å². The number of hydrogen-bond donors (Lipinski definition) is 4. The summed E-state index contributed by atoms with van der Waals surface area (Å²) in [5.41, 5.74) is 4.91. The predicted octanol–water partition coefficient (Wildman–Crippen LogP) is -0.208. The van der Waals surface area contributed by atoms with E-state index in [-0.39, 0.29) is 18.9 Å². The van der Waals surface area contributed by atoms with E-state index in [1.54, 1.807) is 12.1 Å². The Labute approximate surface area is 114 Å². The fraction of sp³-hybridized carbons (Fsp3) is 0.250. The molecule has 108 valence electrons. The Hall–Kier alpha value is -2.64. The van der Waals surface area contributed by atoms with Gasteiger partial charge in [-0.3, -0.25) is 20.4 Å². The van der Waals surface area contributed by atoms with E-state index in [1.807, 2.05) is 0 Å². The van der Waals surface area contributed by atoms with Crippen molar-refractivity contribution < 1.29 is 18.8 Å². The number of amides is 4. The molecule has 0 aliphatic heterocycles. The summed E-state index contributed by atoms with van der Waals surface area (Å²) in [6, 6.07) is 5.11. The van der Waals surface area contributed by atoms with Gasteiger partial charge in [0, 0.05) is 13.5 Å². The van der Waals surface area contributed by atoms with Gasteiger partial charge < -0.3 is 10.6 Å². The molecule has 0 spiro atoms. The van der Waals surface area contributed by atoms with Gasteiger partial charge in [-0.25, -0.2) is 9.18 Å². The first-order valence-electron chi connectivity index (χ1n) is 5.79. The number of carbonyl (C=O) groups excluding carboxylic acids is 3. The van der Waals surface area contributed by atoms with Crippen LogP contribution in [0.1, 0.15) is 12.5 Å². The molecule has 0 saturated carbocycles. The third-order valence-electron chi connectivity index (χ3n) is 2.15. The molecule has 0 atom stereocenters. The molecule has 7 nitrogen and oxygen atoms in total. The first-order valence-corrected chi connectivity index (χ1v) is 5.79. The molecule has 0 aliphatic rings.